The number of rotatable bonds is 5. The maximum absolute atomic E-state index is 13.2. The van der Waals surface area contributed by atoms with Crippen molar-refractivity contribution in [1.82, 2.24) is 4.72 Å². The van der Waals surface area contributed by atoms with Gasteiger partial charge < -0.3 is 19.5 Å². The second kappa shape index (κ2) is 9.30. The predicted octanol–water partition coefficient (Wildman–Crippen LogP) is 5.72. The van der Waals surface area contributed by atoms with Crippen LogP contribution in [0.3, 0.4) is 0 Å². The number of aliphatic hydroxyl groups excluding tert-OH is 1. The first-order valence-corrected chi connectivity index (χ1v) is 12.9. The number of aliphatic hydroxyl groups is 1. The van der Waals surface area contributed by atoms with Gasteiger partial charge in [0.2, 0.25) is 0 Å². The molecule has 3 aromatic carbocycles. The van der Waals surface area contributed by atoms with E-state index in [4.69, 9.17) is 9.52 Å². The molecule has 2 aliphatic rings. The van der Waals surface area contributed by atoms with Gasteiger partial charge >= 0.3 is 6.36 Å². The van der Waals surface area contributed by atoms with Gasteiger partial charge in [0.25, 0.3) is 0 Å². The summed E-state index contributed by atoms with van der Waals surface area (Å²) in [5.74, 6) is 0.844. The Hall–Kier alpha value is -3.28. The molecule has 36 heavy (non-hydrogen) atoms. The molecule has 3 aromatic rings. The van der Waals surface area contributed by atoms with Gasteiger partial charge in [-0.3, -0.25) is 0 Å². The van der Waals surface area contributed by atoms with Gasteiger partial charge in [-0.25, -0.2) is 13.7 Å². The highest BCUT2D eigenvalue weighted by atomic mass is 32.2. The molecule has 0 spiro atoms. The summed E-state index contributed by atoms with van der Waals surface area (Å²) in [6, 6.07) is 18.3. The van der Waals surface area contributed by atoms with Crippen molar-refractivity contribution in [3.05, 3.63) is 72.8 Å². The van der Waals surface area contributed by atoms with Crippen molar-refractivity contribution in [3.8, 4) is 17.2 Å². The number of para-hydroxylation sites is 4. The summed E-state index contributed by atoms with van der Waals surface area (Å²) in [4.78, 5) is 2.02. The smallest absolute Gasteiger partial charge is 0.453 e. The largest absolute Gasteiger partial charge is 0.573 e. The van der Waals surface area contributed by atoms with Crippen LogP contribution in [0, 0.1) is 4.78 Å². The Morgan fingerprint density at radius 3 is 2.14 bits per heavy atom. The standard InChI is InChI=1S/C25H24F3N3O4S/c26-25(27,28)35-16-12-14-17(15-13-16)36(29,33)30-18-6-5-9-21(24(18)32)31-19-7-1-3-10-22(19)34-23-11-4-2-8-20(23)31/h1-4,7-8,10-15,18,21,24,32H,5-6,9H2,(H2,29,30,33)/t18-,21+,24+,36?/m0/s1. The maximum atomic E-state index is 13.2. The first kappa shape index (κ1) is 24.4. The number of nitrogens with zero attached hydrogens (tertiary/aromatic N) is 1. The first-order valence-electron chi connectivity index (χ1n) is 11.4. The van der Waals surface area contributed by atoms with E-state index in [0.29, 0.717) is 30.8 Å². The molecule has 0 bridgehead atoms. The van der Waals surface area contributed by atoms with Crippen molar-refractivity contribution in [2.75, 3.05) is 4.90 Å². The second-order valence-electron chi connectivity index (χ2n) is 8.70. The molecule has 1 saturated carbocycles. The SMILES string of the molecule is N=S(=O)(N[C@H]1CCC[C@@H](N2c3ccccc3Oc3ccccc32)[C@@H]1O)c1ccc(OC(F)(F)F)cc1. The summed E-state index contributed by atoms with van der Waals surface area (Å²) < 4.78 is 71.6. The van der Waals surface area contributed by atoms with Crippen LogP contribution in [0.25, 0.3) is 0 Å². The molecule has 7 nitrogen and oxygen atoms in total. The lowest BCUT2D eigenvalue weighted by molar-refractivity contribution is -0.274. The van der Waals surface area contributed by atoms with Gasteiger partial charge in [-0.15, -0.1) is 13.2 Å². The number of anilines is 2. The zero-order valence-corrected chi connectivity index (χ0v) is 19.8. The number of hydrogen-bond acceptors (Lipinski definition) is 6. The molecule has 0 amide bonds. The summed E-state index contributed by atoms with van der Waals surface area (Å²) in [6.45, 7) is 0. The lowest BCUT2D eigenvalue weighted by Gasteiger charge is -2.45. The van der Waals surface area contributed by atoms with E-state index in [1.165, 1.54) is 0 Å². The Morgan fingerprint density at radius 2 is 1.56 bits per heavy atom. The fourth-order valence-electron chi connectivity index (χ4n) is 4.77. The van der Waals surface area contributed by atoms with Crippen LogP contribution in [0.1, 0.15) is 19.3 Å². The van der Waals surface area contributed by atoms with Crippen molar-refractivity contribution in [2.24, 2.45) is 0 Å². The third-order valence-corrected chi connectivity index (χ3v) is 7.90. The number of alkyl halides is 3. The first-order chi connectivity index (χ1) is 17.1. The van der Waals surface area contributed by atoms with Crippen LogP contribution in [0.15, 0.2) is 77.7 Å². The van der Waals surface area contributed by atoms with Gasteiger partial charge in [-0.05, 0) is 67.8 Å². The number of ether oxygens (including phenoxy) is 2. The molecule has 3 N–H and O–H groups in total. The van der Waals surface area contributed by atoms with Crippen molar-refractivity contribution < 1.29 is 32.0 Å². The van der Waals surface area contributed by atoms with E-state index in [2.05, 4.69) is 9.46 Å². The second-order valence-corrected chi connectivity index (χ2v) is 10.5. The fourth-order valence-corrected chi connectivity index (χ4v) is 6.11. The minimum atomic E-state index is -4.85. The summed E-state index contributed by atoms with van der Waals surface area (Å²) in [5, 5.41) is 11.4. The van der Waals surface area contributed by atoms with Crippen molar-refractivity contribution in [2.45, 2.75) is 48.7 Å². The van der Waals surface area contributed by atoms with Crippen LogP contribution in [-0.4, -0.2) is 33.9 Å². The molecule has 11 heteroatoms. The lowest BCUT2D eigenvalue weighted by Crippen LogP contribution is -2.55. The molecule has 0 aromatic heterocycles. The molecule has 1 fully saturated rings. The average Bonchev–Trinajstić information content (AvgIpc) is 2.83. The molecule has 1 heterocycles. The van der Waals surface area contributed by atoms with E-state index in [9.17, 15) is 22.5 Å². The zero-order valence-electron chi connectivity index (χ0n) is 18.9. The third kappa shape index (κ3) is 4.86. The number of fused-ring (bicyclic) bond motifs is 2. The third-order valence-electron chi connectivity index (χ3n) is 6.33. The van der Waals surface area contributed by atoms with Crippen LogP contribution < -0.4 is 19.1 Å². The van der Waals surface area contributed by atoms with Crippen LogP contribution in [-0.2, 0) is 9.92 Å². The number of halogens is 3. The van der Waals surface area contributed by atoms with E-state index in [-0.39, 0.29) is 10.9 Å². The maximum Gasteiger partial charge on any atom is 0.573 e. The van der Waals surface area contributed by atoms with E-state index < -0.39 is 34.2 Å². The Morgan fingerprint density at radius 1 is 0.972 bits per heavy atom. The topological polar surface area (TPSA) is 94.9 Å². The van der Waals surface area contributed by atoms with Crippen LogP contribution >= 0.6 is 0 Å². The van der Waals surface area contributed by atoms with Gasteiger partial charge in [-0.2, -0.15) is 0 Å². The highest BCUT2D eigenvalue weighted by Crippen LogP contribution is 2.49. The molecule has 1 unspecified atom stereocenters. The van der Waals surface area contributed by atoms with Crippen LogP contribution in [0.2, 0.25) is 0 Å². The average molecular weight is 520 g/mol. The minimum Gasteiger partial charge on any atom is -0.453 e. The molecule has 0 saturated heterocycles. The predicted molar refractivity (Wildman–Crippen MR) is 128 cm³/mol. The Kier molecular flexibility index (Phi) is 6.31. The van der Waals surface area contributed by atoms with E-state index in [1.54, 1.807) is 0 Å². The Labute approximate surface area is 206 Å². The van der Waals surface area contributed by atoms with E-state index in [0.717, 1.165) is 35.6 Å². The van der Waals surface area contributed by atoms with Gasteiger partial charge in [-0.1, -0.05) is 24.3 Å². The fraction of sp³-hybridized carbons (Fsp3) is 0.280. The van der Waals surface area contributed by atoms with Gasteiger partial charge in [0.05, 0.1) is 28.4 Å². The van der Waals surface area contributed by atoms with Crippen LogP contribution in [0.5, 0.6) is 17.2 Å². The quantitative estimate of drug-likeness (QED) is 0.401. The van der Waals surface area contributed by atoms with Gasteiger partial charge in [0, 0.05) is 6.04 Å². The Bertz CT molecular complexity index is 1300. The van der Waals surface area contributed by atoms with E-state index >= 15 is 0 Å². The lowest BCUT2D eigenvalue weighted by atomic mass is 9.86. The van der Waals surface area contributed by atoms with Crippen molar-refractivity contribution in [1.29, 1.82) is 4.78 Å². The molecular weight excluding hydrogens is 495 g/mol. The highest BCUT2D eigenvalue weighted by Gasteiger charge is 2.40. The molecule has 1 aliphatic carbocycles. The minimum absolute atomic E-state index is 0.00610. The molecular formula is C25H24F3N3O4S. The monoisotopic (exact) mass is 519 g/mol. The molecule has 0 radical (unpaired) electrons. The number of benzene rings is 3. The summed E-state index contributed by atoms with van der Waals surface area (Å²) in [5.41, 5.74) is 1.60. The summed E-state index contributed by atoms with van der Waals surface area (Å²) in [7, 11) is -3.62. The van der Waals surface area contributed by atoms with Gasteiger partial charge in [0.15, 0.2) is 11.5 Å². The summed E-state index contributed by atoms with van der Waals surface area (Å²) in [6.07, 6.45) is -3.99. The normalized spacial score (nSPS) is 23.1. The van der Waals surface area contributed by atoms with Crippen molar-refractivity contribution >= 4 is 21.3 Å². The van der Waals surface area contributed by atoms with Crippen LogP contribution in [0.4, 0.5) is 24.5 Å². The highest BCUT2D eigenvalue weighted by molar-refractivity contribution is 7.90. The number of hydrogen-bond donors (Lipinski definition) is 3. The zero-order chi connectivity index (χ0) is 25.5. The molecule has 190 valence electrons. The Balaban J connectivity index is 1.39. The van der Waals surface area contributed by atoms with Crippen molar-refractivity contribution in [3.63, 3.8) is 0 Å². The van der Waals surface area contributed by atoms with Gasteiger partial charge in [0.1, 0.15) is 15.7 Å². The number of nitrogens with one attached hydrogen (secondary N) is 2. The van der Waals surface area contributed by atoms with E-state index in [1.807, 2.05) is 53.4 Å². The summed E-state index contributed by atoms with van der Waals surface area (Å²) >= 11 is 0. The molecule has 1 aliphatic heterocycles. The molecule has 5 rings (SSSR count). The molecule has 4 atom stereocenters.